The number of benzene rings is 1. The highest BCUT2D eigenvalue weighted by atomic mass is 35.5. The zero-order valence-corrected chi connectivity index (χ0v) is 13.0. The minimum Gasteiger partial charge on any atom is -0.267 e. The summed E-state index contributed by atoms with van der Waals surface area (Å²) in [5, 5.41) is 4.72. The van der Waals surface area contributed by atoms with E-state index in [2.05, 4.69) is 30.5 Å². The van der Waals surface area contributed by atoms with Crippen LogP contribution in [0.25, 0.3) is 0 Å². The number of hydrazone groups is 1. The molecule has 0 aliphatic heterocycles. The van der Waals surface area contributed by atoms with Crippen molar-refractivity contribution >= 4 is 23.7 Å². The summed E-state index contributed by atoms with van der Waals surface area (Å²) < 4.78 is 0. The second-order valence-corrected chi connectivity index (χ2v) is 6.89. The zero-order valence-electron chi connectivity index (χ0n) is 12.3. The molecule has 0 unspecified atom stereocenters. The van der Waals surface area contributed by atoms with Crippen molar-refractivity contribution in [2.75, 3.05) is 0 Å². The molecule has 2 atom stereocenters. The molecular weight excluding hydrogens is 284 g/mol. The van der Waals surface area contributed by atoms with Gasteiger partial charge in [0.2, 0.25) is 0 Å². The minimum absolute atomic E-state index is 0.218. The van der Waals surface area contributed by atoms with Gasteiger partial charge in [0.15, 0.2) is 0 Å². The maximum Gasteiger partial charge on any atom is 0.271 e. The van der Waals surface area contributed by atoms with Crippen LogP contribution in [-0.2, 0) is 0 Å². The maximum atomic E-state index is 11.9. The number of allylic oxidation sites excluding steroid dienone is 2. The van der Waals surface area contributed by atoms with Gasteiger partial charge in [-0.25, -0.2) is 5.43 Å². The van der Waals surface area contributed by atoms with Crippen LogP contribution < -0.4 is 5.43 Å². The number of rotatable bonds is 3. The Labute approximate surface area is 130 Å². The first kappa shape index (κ1) is 14.3. The summed E-state index contributed by atoms with van der Waals surface area (Å²) in [6.07, 6.45) is 6.42. The topological polar surface area (TPSA) is 41.5 Å². The Hall–Kier alpha value is -1.61. The third-order valence-electron chi connectivity index (χ3n) is 5.00. The molecule has 21 heavy (non-hydrogen) atoms. The molecular formula is C17H19ClN2O. The van der Waals surface area contributed by atoms with E-state index < -0.39 is 0 Å². The summed E-state index contributed by atoms with van der Waals surface area (Å²) in [4.78, 5) is 11.9. The molecule has 1 N–H and O–H groups in total. The monoisotopic (exact) mass is 302 g/mol. The summed E-state index contributed by atoms with van der Waals surface area (Å²) in [5.41, 5.74) is 4.75. The predicted molar refractivity (Wildman–Crippen MR) is 85.5 cm³/mol. The van der Waals surface area contributed by atoms with Gasteiger partial charge in [-0.05, 0) is 59.9 Å². The number of fused-ring (bicyclic) bond motifs is 1. The Morgan fingerprint density at radius 3 is 2.71 bits per heavy atom. The second-order valence-electron chi connectivity index (χ2n) is 6.45. The van der Waals surface area contributed by atoms with Crippen molar-refractivity contribution in [1.82, 2.24) is 5.43 Å². The smallest absolute Gasteiger partial charge is 0.267 e. The van der Waals surface area contributed by atoms with Gasteiger partial charge in [-0.3, -0.25) is 4.79 Å². The van der Waals surface area contributed by atoms with Crippen molar-refractivity contribution in [2.24, 2.45) is 22.4 Å². The molecule has 2 bridgehead atoms. The van der Waals surface area contributed by atoms with Gasteiger partial charge in [0, 0.05) is 10.6 Å². The molecule has 4 heteroatoms. The van der Waals surface area contributed by atoms with Crippen LogP contribution in [-0.4, -0.2) is 12.1 Å². The lowest BCUT2D eigenvalue weighted by molar-refractivity contribution is -0.00126. The van der Waals surface area contributed by atoms with Gasteiger partial charge in [-0.1, -0.05) is 31.5 Å². The zero-order chi connectivity index (χ0) is 15.0. The third-order valence-corrected chi connectivity index (χ3v) is 5.25. The van der Waals surface area contributed by atoms with E-state index in [-0.39, 0.29) is 5.91 Å². The van der Waals surface area contributed by atoms with Crippen molar-refractivity contribution in [3.8, 4) is 0 Å². The Morgan fingerprint density at radius 1 is 1.38 bits per heavy atom. The lowest BCUT2D eigenvalue weighted by Crippen LogP contribution is -2.48. The summed E-state index contributed by atoms with van der Waals surface area (Å²) in [6, 6.07) is 6.77. The molecule has 1 aromatic carbocycles. The summed E-state index contributed by atoms with van der Waals surface area (Å²) in [7, 11) is 0. The van der Waals surface area contributed by atoms with Crippen molar-refractivity contribution in [3.63, 3.8) is 0 Å². The van der Waals surface area contributed by atoms with Crippen LogP contribution in [0.5, 0.6) is 0 Å². The SMILES string of the molecule is CC1(C)[C@H]2CC=C(/C=N\NC(=O)c3ccc(Cl)cc3)[C@@H]1C2. The number of hydrogen-bond donors (Lipinski definition) is 1. The van der Waals surface area contributed by atoms with Gasteiger partial charge in [-0.2, -0.15) is 5.10 Å². The van der Waals surface area contributed by atoms with Crippen molar-refractivity contribution in [2.45, 2.75) is 26.7 Å². The number of carbonyl (C=O) groups is 1. The molecule has 0 radical (unpaired) electrons. The van der Waals surface area contributed by atoms with Crippen molar-refractivity contribution < 1.29 is 4.79 Å². The van der Waals surface area contributed by atoms with Crippen LogP contribution in [0.3, 0.4) is 0 Å². The van der Waals surface area contributed by atoms with Gasteiger partial charge < -0.3 is 0 Å². The van der Waals surface area contributed by atoms with E-state index in [0.717, 1.165) is 12.3 Å². The molecule has 1 aromatic rings. The largest absolute Gasteiger partial charge is 0.271 e. The fourth-order valence-corrected chi connectivity index (χ4v) is 3.50. The highest BCUT2D eigenvalue weighted by Gasteiger charge is 2.50. The summed E-state index contributed by atoms with van der Waals surface area (Å²) in [5.74, 6) is 1.17. The van der Waals surface area contributed by atoms with Gasteiger partial charge in [0.25, 0.3) is 5.91 Å². The summed E-state index contributed by atoms with van der Waals surface area (Å²) in [6.45, 7) is 4.64. The van der Waals surface area contributed by atoms with Crippen LogP contribution in [0.2, 0.25) is 5.02 Å². The molecule has 0 spiro atoms. The van der Waals surface area contributed by atoms with Gasteiger partial charge >= 0.3 is 0 Å². The molecule has 0 saturated heterocycles. The van der Waals surface area contributed by atoms with Gasteiger partial charge in [0.1, 0.15) is 0 Å². The van der Waals surface area contributed by atoms with E-state index in [1.54, 1.807) is 30.5 Å². The summed E-state index contributed by atoms with van der Waals surface area (Å²) >= 11 is 5.80. The van der Waals surface area contributed by atoms with Gasteiger partial charge in [0.05, 0.1) is 6.21 Å². The molecule has 3 aliphatic carbocycles. The molecule has 0 aromatic heterocycles. The number of nitrogens with zero attached hydrogens (tertiary/aromatic N) is 1. The predicted octanol–water partition coefficient (Wildman–Crippen LogP) is 4.05. The van der Waals surface area contributed by atoms with Crippen LogP contribution in [0.4, 0.5) is 0 Å². The third kappa shape index (κ3) is 2.62. The second kappa shape index (κ2) is 5.30. The Kier molecular flexibility index (Phi) is 3.62. The Balaban J connectivity index is 1.61. The number of nitrogens with one attached hydrogen (secondary N) is 1. The van der Waals surface area contributed by atoms with E-state index in [0.29, 0.717) is 21.9 Å². The normalized spacial score (nSPS) is 26.1. The molecule has 1 saturated carbocycles. The van der Waals surface area contributed by atoms with E-state index in [9.17, 15) is 4.79 Å². The lowest BCUT2D eigenvalue weighted by Gasteiger charge is -2.55. The first-order valence-electron chi connectivity index (χ1n) is 7.27. The van der Waals surface area contributed by atoms with Crippen molar-refractivity contribution in [3.05, 3.63) is 46.5 Å². The van der Waals surface area contributed by atoms with Gasteiger partial charge in [-0.15, -0.1) is 0 Å². The molecule has 1 amide bonds. The average Bonchev–Trinajstić information content (AvgIpc) is 2.47. The average molecular weight is 303 g/mol. The van der Waals surface area contributed by atoms with E-state index >= 15 is 0 Å². The quantitative estimate of drug-likeness (QED) is 0.664. The van der Waals surface area contributed by atoms with Crippen LogP contribution in [0.1, 0.15) is 37.0 Å². The van der Waals surface area contributed by atoms with Crippen LogP contribution in [0.15, 0.2) is 41.0 Å². The molecule has 4 rings (SSSR count). The number of hydrogen-bond acceptors (Lipinski definition) is 2. The molecule has 110 valence electrons. The lowest BCUT2D eigenvalue weighted by atomic mass is 9.49. The Bertz CT molecular complexity index is 616. The van der Waals surface area contributed by atoms with E-state index in [4.69, 9.17) is 11.6 Å². The first-order chi connectivity index (χ1) is 9.98. The van der Waals surface area contributed by atoms with Crippen molar-refractivity contribution in [1.29, 1.82) is 0 Å². The molecule has 1 fully saturated rings. The van der Waals surface area contributed by atoms with Crippen LogP contribution in [0, 0.1) is 17.3 Å². The molecule has 3 aliphatic rings. The minimum atomic E-state index is -0.218. The fourth-order valence-electron chi connectivity index (χ4n) is 3.38. The highest BCUT2D eigenvalue weighted by molar-refractivity contribution is 6.30. The standard InChI is InChI=1S/C17H19ClN2O/c1-17(2)13-6-3-12(15(17)9-13)10-19-20-16(21)11-4-7-14(18)8-5-11/h3-5,7-8,10,13,15H,6,9H2,1-2H3,(H,20,21)/b19-10-/t13-,15-/m0/s1. The Morgan fingerprint density at radius 2 is 2.10 bits per heavy atom. The maximum absolute atomic E-state index is 11.9. The number of halogens is 1. The first-order valence-corrected chi connectivity index (χ1v) is 7.65. The fraction of sp³-hybridized carbons (Fsp3) is 0.412. The van der Waals surface area contributed by atoms with Crippen LogP contribution >= 0.6 is 11.6 Å². The molecule has 3 nitrogen and oxygen atoms in total. The van der Waals surface area contributed by atoms with E-state index in [1.165, 1.54) is 12.0 Å². The molecule has 0 heterocycles. The number of carbonyl (C=O) groups excluding carboxylic acids is 1. The van der Waals surface area contributed by atoms with E-state index in [1.807, 2.05) is 0 Å². The highest BCUT2D eigenvalue weighted by Crippen LogP contribution is 2.58. The number of amides is 1.